The molecule has 1 fully saturated rings. The summed E-state index contributed by atoms with van der Waals surface area (Å²) >= 11 is 0. The predicted molar refractivity (Wildman–Crippen MR) is 203 cm³/mol. The van der Waals surface area contributed by atoms with Gasteiger partial charge in [0.25, 0.3) is 0 Å². The number of hydrogen-bond acceptors (Lipinski definition) is 6. The van der Waals surface area contributed by atoms with Gasteiger partial charge >= 0.3 is 6.09 Å². The van der Waals surface area contributed by atoms with E-state index in [1.54, 1.807) is 51.7 Å². The van der Waals surface area contributed by atoms with Crippen molar-refractivity contribution in [2.24, 2.45) is 5.92 Å². The lowest BCUT2D eigenvalue weighted by Crippen LogP contribution is -2.58. The normalized spacial score (nSPS) is 15.1. The minimum Gasteiger partial charge on any atom is -0.444 e. The van der Waals surface area contributed by atoms with Crippen molar-refractivity contribution in [3.63, 3.8) is 0 Å². The standard InChI is InChI=1S/C41H52N6O5/c1-28-21-23-46(24-22-28)37(49)35(32-20-19-30-16-10-11-17-31(30)25-32)47-26-34(42-27-47)44-36(48)33(18-12-15-29-13-8-7-9-14-29)43-38(50)41(5,6)45-39(51)52-40(2,3)4/h7-11,13-14,16-17,19-20,25-28,33,35H,12,15,18,21-24H2,1-6H3,(H,43,50)(H,44,48)(H,45,51). The molecule has 4 aromatic rings. The van der Waals surface area contributed by atoms with Gasteiger partial charge in [-0.15, -0.1) is 0 Å². The first-order valence-corrected chi connectivity index (χ1v) is 18.2. The van der Waals surface area contributed by atoms with Crippen molar-refractivity contribution in [1.82, 2.24) is 25.1 Å². The van der Waals surface area contributed by atoms with Crippen LogP contribution in [0.1, 0.15) is 84.4 Å². The number of benzene rings is 3. The molecule has 3 aromatic carbocycles. The Kier molecular flexibility index (Phi) is 12.0. The van der Waals surface area contributed by atoms with Gasteiger partial charge in [0, 0.05) is 19.3 Å². The molecule has 11 heteroatoms. The number of likely N-dealkylation sites (tertiary alicyclic amines) is 1. The first-order valence-electron chi connectivity index (χ1n) is 18.2. The molecule has 0 saturated carbocycles. The molecule has 276 valence electrons. The number of rotatable bonds is 12. The van der Waals surface area contributed by atoms with Crippen molar-refractivity contribution >= 4 is 40.4 Å². The van der Waals surface area contributed by atoms with E-state index in [9.17, 15) is 19.2 Å². The fourth-order valence-corrected chi connectivity index (χ4v) is 6.36. The van der Waals surface area contributed by atoms with E-state index in [-0.39, 0.29) is 11.7 Å². The number of ether oxygens (including phenoxy) is 1. The number of piperidine rings is 1. The van der Waals surface area contributed by atoms with Crippen LogP contribution >= 0.6 is 0 Å². The number of aryl methyl sites for hydroxylation is 1. The number of carbonyl (C=O) groups excluding carboxylic acids is 4. The van der Waals surface area contributed by atoms with Gasteiger partial charge in [-0.05, 0) is 101 Å². The van der Waals surface area contributed by atoms with Gasteiger partial charge in [0.1, 0.15) is 23.2 Å². The molecule has 3 N–H and O–H groups in total. The fourth-order valence-electron chi connectivity index (χ4n) is 6.36. The molecule has 0 bridgehead atoms. The smallest absolute Gasteiger partial charge is 0.408 e. The average molecular weight is 709 g/mol. The SMILES string of the molecule is CC1CCN(C(=O)C(c2ccc3ccccc3c2)n2cnc(NC(=O)C(CCCc3ccccc3)NC(=O)C(C)(C)NC(=O)OC(C)(C)C)c2)CC1. The zero-order valence-electron chi connectivity index (χ0n) is 31.1. The highest BCUT2D eigenvalue weighted by Gasteiger charge is 2.35. The van der Waals surface area contributed by atoms with E-state index in [2.05, 4.69) is 27.9 Å². The summed E-state index contributed by atoms with van der Waals surface area (Å²) < 4.78 is 7.10. The zero-order chi connectivity index (χ0) is 37.5. The van der Waals surface area contributed by atoms with Gasteiger partial charge in [0.05, 0.1) is 6.33 Å². The first kappa shape index (κ1) is 38.1. The van der Waals surface area contributed by atoms with Gasteiger partial charge in [-0.3, -0.25) is 14.4 Å². The molecule has 1 saturated heterocycles. The minimum atomic E-state index is -1.37. The van der Waals surface area contributed by atoms with Crippen LogP contribution < -0.4 is 16.0 Å². The molecule has 1 aromatic heterocycles. The number of fused-ring (bicyclic) bond motifs is 1. The molecule has 2 unspecified atom stereocenters. The van der Waals surface area contributed by atoms with E-state index >= 15 is 0 Å². The maximum Gasteiger partial charge on any atom is 0.408 e. The van der Waals surface area contributed by atoms with Crippen molar-refractivity contribution in [2.75, 3.05) is 18.4 Å². The maximum absolute atomic E-state index is 14.2. The Morgan fingerprint density at radius 3 is 2.27 bits per heavy atom. The fraction of sp³-hybridized carbons (Fsp3) is 0.439. The maximum atomic E-state index is 14.2. The van der Waals surface area contributed by atoms with Crippen LogP contribution in [0, 0.1) is 5.92 Å². The van der Waals surface area contributed by atoms with Crippen molar-refractivity contribution < 1.29 is 23.9 Å². The highest BCUT2D eigenvalue weighted by Crippen LogP contribution is 2.28. The van der Waals surface area contributed by atoms with Crippen LogP contribution in [0.2, 0.25) is 0 Å². The second kappa shape index (κ2) is 16.4. The molecule has 5 rings (SSSR count). The first-order chi connectivity index (χ1) is 24.7. The van der Waals surface area contributed by atoms with Crippen molar-refractivity contribution in [2.45, 2.75) is 96.9 Å². The Balaban J connectivity index is 1.36. The van der Waals surface area contributed by atoms with Crippen molar-refractivity contribution in [3.8, 4) is 0 Å². The van der Waals surface area contributed by atoms with Gasteiger partial charge in [-0.25, -0.2) is 9.78 Å². The third kappa shape index (κ3) is 10.2. The predicted octanol–water partition coefficient (Wildman–Crippen LogP) is 6.63. The number of amides is 4. The summed E-state index contributed by atoms with van der Waals surface area (Å²) in [5.41, 5.74) is -0.180. The van der Waals surface area contributed by atoms with Gasteiger partial charge in [-0.1, -0.05) is 73.7 Å². The number of nitrogens with zero attached hydrogens (tertiary/aromatic N) is 3. The summed E-state index contributed by atoms with van der Waals surface area (Å²) in [4.78, 5) is 60.5. The molecule has 2 heterocycles. The number of anilines is 1. The van der Waals surface area contributed by atoms with Crippen LogP contribution in [0.4, 0.5) is 10.6 Å². The van der Waals surface area contributed by atoms with Gasteiger partial charge in [-0.2, -0.15) is 0 Å². The van der Waals surface area contributed by atoms with Crippen LogP contribution in [0.25, 0.3) is 10.8 Å². The van der Waals surface area contributed by atoms with E-state index in [1.165, 1.54) is 0 Å². The zero-order valence-corrected chi connectivity index (χ0v) is 31.1. The molecule has 4 amide bonds. The molecule has 11 nitrogen and oxygen atoms in total. The molecule has 52 heavy (non-hydrogen) atoms. The molecular weight excluding hydrogens is 656 g/mol. The number of imidazole rings is 1. The van der Waals surface area contributed by atoms with Crippen molar-refractivity contribution in [1.29, 1.82) is 0 Å². The lowest BCUT2D eigenvalue weighted by atomic mass is 9.96. The van der Waals surface area contributed by atoms with Gasteiger partial charge < -0.3 is 30.2 Å². The van der Waals surface area contributed by atoms with E-state index in [1.807, 2.05) is 77.7 Å². The van der Waals surface area contributed by atoms with Crippen LogP contribution in [-0.2, 0) is 25.5 Å². The molecule has 0 aliphatic carbocycles. The number of nitrogens with one attached hydrogen (secondary N) is 3. The monoisotopic (exact) mass is 708 g/mol. The minimum absolute atomic E-state index is 0.0248. The average Bonchev–Trinajstić information content (AvgIpc) is 3.54. The Bertz CT molecular complexity index is 1860. The second-order valence-electron chi connectivity index (χ2n) is 15.4. The van der Waals surface area contributed by atoms with Crippen LogP contribution in [0.5, 0.6) is 0 Å². The molecule has 0 spiro atoms. The van der Waals surface area contributed by atoms with Crippen LogP contribution in [0.15, 0.2) is 85.3 Å². The van der Waals surface area contributed by atoms with Crippen molar-refractivity contribution in [3.05, 3.63) is 96.4 Å². The van der Waals surface area contributed by atoms with Crippen LogP contribution in [0.3, 0.4) is 0 Å². The van der Waals surface area contributed by atoms with Crippen LogP contribution in [-0.4, -0.2) is 68.5 Å². The largest absolute Gasteiger partial charge is 0.444 e. The quantitative estimate of drug-likeness (QED) is 0.151. The third-order valence-electron chi connectivity index (χ3n) is 9.37. The summed E-state index contributed by atoms with van der Waals surface area (Å²) in [5.74, 6) is -0.203. The lowest BCUT2D eigenvalue weighted by Gasteiger charge is -2.33. The molecule has 0 radical (unpaired) electrons. The van der Waals surface area contributed by atoms with E-state index in [0.717, 1.165) is 34.7 Å². The molecule has 2 atom stereocenters. The van der Waals surface area contributed by atoms with Gasteiger partial charge in [0.15, 0.2) is 5.82 Å². The summed E-state index contributed by atoms with van der Waals surface area (Å²) in [5, 5.41) is 10.4. The number of alkyl carbamates (subject to hydrolysis) is 1. The topological polar surface area (TPSA) is 135 Å². The van der Waals surface area contributed by atoms with Gasteiger partial charge in [0.2, 0.25) is 17.7 Å². The van der Waals surface area contributed by atoms with E-state index in [4.69, 9.17) is 4.74 Å². The summed E-state index contributed by atoms with van der Waals surface area (Å²) in [7, 11) is 0. The third-order valence-corrected chi connectivity index (χ3v) is 9.37. The summed E-state index contributed by atoms with van der Waals surface area (Å²) in [6, 6.07) is 22.3. The number of aromatic nitrogens is 2. The molecule has 1 aliphatic heterocycles. The highest BCUT2D eigenvalue weighted by molar-refractivity contribution is 5.98. The summed E-state index contributed by atoms with van der Waals surface area (Å²) in [6.45, 7) is 11.9. The Morgan fingerprint density at radius 2 is 1.58 bits per heavy atom. The molecule has 1 aliphatic rings. The Hall–Kier alpha value is -5.19. The Morgan fingerprint density at radius 1 is 0.904 bits per heavy atom. The Labute approximate surface area is 306 Å². The number of carbonyl (C=O) groups is 4. The second-order valence-corrected chi connectivity index (χ2v) is 15.4. The highest BCUT2D eigenvalue weighted by atomic mass is 16.6. The van der Waals surface area contributed by atoms with E-state index < -0.39 is 41.1 Å². The summed E-state index contributed by atoms with van der Waals surface area (Å²) in [6.07, 6.45) is 6.05. The molecular formula is C41H52N6O5. The lowest BCUT2D eigenvalue weighted by molar-refractivity contribution is -0.135. The number of hydrogen-bond donors (Lipinski definition) is 3. The van der Waals surface area contributed by atoms with E-state index in [0.29, 0.717) is 38.3 Å².